The summed E-state index contributed by atoms with van der Waals surface area (Å²) in [6, 6.07) is 10.2. The molecule has 49 heavy (non-hydrogen) atoms. The summed E-state index contributed by atoms with van der Waals surface area (Å²) in [4.78, 5) is 75.3. The van der Waals surface area contributed by atoms with E-state index in [0.717, 1.165) is 24.3 Å². The van der Waals surface area contributed by atoms with Crippen LogP contribution in [-0.4, -0.2) is 52.9 Å². The molecule has 0 bridgehead atoms. The van der Waals surface area contributed by atoms with E-state index >= 15 is 0 Å². The highest BCUT2D eigenvalue weighted by molar-refractivity contribution is 5.99. The second kappa shape index (κ2) is 15.3. The lowest BCUT2D eigenvalue weighted by molar-refractivity contribution is -0.159. The van der Waals surface area contributed by atoms with Gasteiger partial charge in [-0.3, -0.25) is 25.2 Å². The number of hydrogen-bond acceptors (Lipinski definition) is 8. The highest BCUT2D eigenvalue weighted by atomic mass is 19.4. The molecule has 0 unspecified atom stereocenters. The Balaban J connectivity index is 1.88. The van der Waals surface area contributed by atoms with Crippen LogP contribution in [0.3, 0.4) is 0 Å². The molecule has 0 saturated carbocycles. The van der Waals surface area contributed by atoms with Crippen LogP contribution in [0.4, 0.5) is 32.0 Å². The van der Waals surface area contributed by atoms with Crippen LogP contribution in [0, 0.1) is 5.92 Å². The summed E-state index contributed by atoms with van der Waals surface area (Å²) in [6.45, 7) is 3.29. The van der Waals surface area contributed by atoms with Crippen molar-refractivity contribution in [1.29, 1.82) is 0 Å². The van der Waals surface area contributed by atoms with Gasteiger partial charge in [0.15, 0.2) is 0 Å². The molecule has 0 spiro atoms. The summed E-state index contributed by atoms with van der Waals surface area (Å²) in [5.74, 6) is -9.00. The van der Waals surface area contributed by atoms with E-state index in [2.05, 4.69) is 5.32 Å². The Hall–Kier alpha value is -5.94. The number of carbonyl (C=O) groups excluding carboxylic acids is 5. The van der Waals surface area contributed by atoms with Crippen molar-refractivity contribution in [2.24, 2.45) is 5.92 Å². The van der Waals surface area contributed by atoms with Gasteiger partial charge in [-0.1, -0.05) is 26.0 Å². The molecule has 0 saturated heterocycles. The van der Waals surface area contributed by atoms with Crippen LogP contribution in [0.1, 0.15) is 56.0 Å². The number of hydrazine groups is 1. The Kier molecular flexibility index (Phi) is 11.7. The van der Waals surface area contributed by atoms with Crippen molar-refractivity contribution < 1.29 is 69.7 Å². The third kappa shape index (κ3) is 10.3. The van der Waals surface area contributed by atoms with E-state index in [1.165, 1.54) is 24.3 Å². The van der Waals surface area contributed by atoms with Crippen molar-refractivity contribution in [1.82, 2.24) is 10.9 Å². The van der Waals surface area contributed by atoms with Crippen molar-refractivity contribution in [3.05, 3.63) is 101 Å². The molecule has 0 radical (unpaired) electrons. The van der Waals surface area contributed by atoms with Gasteiger partial charge in [-0.05, 0) is 60.7 Å². The maximum atomic E-state index is 13.2. The number of rotatable bonds is 10. The maximum absolute atomic E-state index is 13.2. The molecule has 260 valence electrons. The summed E-state index contributed by atoms with van der Waals surface area (Å²) in [5, 5.41) is 12.4. The fraction of sp³-hybridized carbons (Fsp3) is 0.226. The lowest BCUT2D eigenvalue weighted by atomic mass is 10.1. The second-order valence-electron chi connectivity index (χ2n) is 10.3. The molecular formula is C31H25F6N3O9. The van der Waals surface area contributed by atoms with E-state index in [-0.39, 0.29) is 17.4 Å². The highest BCUT2D eigenvalue weighted by Crippen LogP contribution is 2.31. The standard InChI is InChI=1S/C31H25F6N3O9/c1-15(2)24(41)38-21-11-9-16(10-12-21)25(42)39-40-26(43)22(48-28(46)17-5-3-7-19(13-17)30(32,33)34)23(27(44)45)49-29(47)18-6-4-8-20(14-18)31(35,36)37/h3-15,22-23H,1-2H3,(H,38,41)(H,39,42)(H,40,43)(H,44,45)/t22-,23-/m0/s1. The van der Waals surface area contributed by atoms with Crippen molar-refractivity contribution >= 4 is 41.3 Å². The monoisotopic (exact) mass is 697 g/mol. The van der Waals surface area contributed by atoms with Crippen LogP contribution < -0.4 is 16.2 Å². The number of carbonyl (C=O) groups is 6. The zero-order valence-corrected chi connectivity index (χ0v) is 25.1. The minimum atomic E-state index is -4.93. The molecule has 3 rings (SSSR count). The number of benzene rings is 3. The largest absolute Gasteiger partial charge is 0.478 e. The van der Waals surface area contributed by atoms with Crippen LogP contribution in [0.15, 0.2) is 72.8 Å². The third-order valence-electron chi connectivity index (χ3n) is 6.33. The molecule has 4 N–H and O–H groups in total. The van der Waals surface area contributed by atoms with Gasteiger partial charge in [0.25, 0.3) is 11.8 Å². The SMILES string of the molecule is CC(C)C(=O)Nc1ccc(C(=O)NNC(=O)[C@@H](OC(=O)c2cccc(C(F)(F)F)c2)[C@H](OC(=O)c2cccc(C(F)(F)F)c2)C(=O)O)cc1. The van der Waals surface area contributed by atoms with Crippen molar-refractivity contribution in [2.75, 3.05) is 5.32 Å². The molecule has 0 aliphatic rings. The first kappa shape index (κ1) is 37.5. The number of ether oxygens (including phenoxy) is 2. The van der Waals surface area contributed by atoms with Gasteiger partial charge >= 0.3 is 30.3 Å². The minimum absolute atomic E-state index is 0.119. The molecule has 0 aromatic heterocycles. The van der Waals surface area contributed by atoms with Gasteiger partial charge < -0.3 is 19.9 Å². The average molecular weight is 698 g/mol. The Bertz CT molecular complexity index is 1740. The van der Waals surface area contributed by atoms with Gasteiger partial charge in [-0.15, -0.1) is 0 Å². The van der Waals surface area contributed by atoms with E-state index in [4.69, 9.17) is 9.47 Å². The van der Waals surface area contributed by atoms with Gasteiger partial charge in [-0.25, -0.2) is 14.4 Å². The summed E-state index contributed by atoms with van der Waals surface area (Å²) < 4.78 is 88.7. The van der Waals surface area contributed by atoms with Crippen molar-refractivity contribution in [3.8, 4) is 0 Å². The van der Waals surface area contributed by atoms with E-state index < -0.39 is 76.5 Å². The lowest BCUT2D eigenvalue weighted by Crippen LogP contribution is -2.54. The first-order valence-corrected chi connectivity index (χ1v) is 13.8. The first-order valence-electron chi connectivity index (χ1n) is 13.8. The summed E-state index contributed by atoms with van der Waals surface area (Å²) in [7, 11) is 0. The number of anilines is 1. The molecule has 12 nitrogen and oxygen atoms in total. The molecular weight excluding hydrogens is 672 g/mol. The number of carboxylic acid groups (broad SMARTS) is 1. The molecule has 0 fully saturated rings. The smallest absolute Gasteiger partial charge is 0.416 e. The van der Waals surface area contributed by atoms with Crippen LogP contribution in [0.2, 0.25) is 0 Å². The lowest BCUT2D eigenvalue weighted by Gasteiger charge is -2.24. The number of nitrogens with one attached hydrogen (secondary N) is 3. The number of alkyl halides is 6. The topological polar surface area (TPSA) is 177 Å². The zero-order chi connectivity index (χ0) is 36.7. The minimum Gasteiger partial charge on any atom is -0.478 e. The zero-order valence-electron chi connectivity index (χ0n) is 25.1. The van der Waals surface area contributed by atoms with Crippen LogP contribution >= 0.6 is 0 Å². The van der Waals surface area contributed by atoms with Crippen molar-refractivity contribution in [3.63, 3.8) is 0 Å². The van der Waals surface area contributed by atoms with Gasteiger partial charge in [0.05, 0.1) is 22.3 Å². The third-order valence-corrected chi connectivity index (χ3v) is 6.33. The molecule has 0 heterocycles. The van der Waals surface area contributed by atoms with Crippen LogP contribution in [0.5, 0.6) is 0 Å². The Morgan fingerprint density at radius 3 is 1.53 bits per heavy atom. The molecule has 0 aliphatic carbocycles. The summed E-state index contributed by atoms with van der Waals surface area (Å²) >= 11 is 0. The molecule has 0 aliphatic heterocycles. The first-order chi connectivity index (χ1) is 22.8. The summed E-state index contributed by atoms with van der Waals surface area (Å²) in [5.41, 5.74) is -0.482. The predicted octanol–water partition coefficient (Wildman–Crippen LogP) is 4.62. The Morgan fingerprint density at radius 1 is 0.633 bits per heavy atom. The van der Waals surface area contributed by atoms with Crippen LogP contribution in [-0.2, 0) is 36.2 Å². The Labute approximate surface area is 272 Å². The maximum Gasteiger partial charge on any atom is 0.416 e. The molecule has 3 aromatic rings. The van der Waals surface area contributed by atoms with Gasteiger partial charge in [0, 0.05) is 17.2 Å². The second-order valence-corrected chi connectivity index (χ2v) is 10.3. The average Bonchev–Trinajstić information content (AvgIpc) is 3.04. The fourth-order valence-electron chi connectivity index (χ4n) is 3.76. The van der Waals surface area contributed by atoms with E-state index in [1.807, 2.05) is 5.43 Å². The normalized spacial score (nSPS) is 12.7. The Morgan fingerprint density at radius 2 is 1.10 bits per heavy atom. The number of esters is 2. The molecule has 3 aromatic carbocycles. The quantitative estimate of drug-likeness (QED) is 0.134. The number of hydrogen-bond donors (Lipinski definition) is 4. The molecule has 2 atom stereocenters. The predicted molar refractivity (Wildman–Crippen MR) is 154 cm³/mol. The summed E-state index contributed by atoms with van der Waals surface area (Å²) in [6.07, 6.45) is -15.4. The van der Waals surface area contributed by atoms with E-state index in [1.54, 1.807) is 19.3 Å². The van der Waals surface area contributed by atoms with Gasteiger partial charge in [-0.2, -0.15) is 26.3 Å². The van der Waals surface area contributed by atoms with Gasteiger partial charge in [0.1, 0.15) is 0 Å². The van der Waals surface area contributed by atoms with Crippen LogP contribution in [0.25, 0.3) is 0 Å². The number of halogens is 6. The van der Waals surface area contributed by atoms with E-state index in [0.29, 0.717) is 30.0 Å². The molecule has 3 amide bonds. The number of amides is 3. The van der Waals surface area contributed by atoms with Crippen molar-refractivity contribution in [2.45, 2.75) is 38.4 Å². The number of aliphatic carboxylic acids is 1. The fourth-order valence-corrected chi connectivity index (χ4v) is 3.76. The van der Waals surface area contributed by atoms with Gasteiger partial charge in [0.2, 0.25) is 18.1 Å². The number of carboxylic acids is 1. The highest BCUT2D eigenvalue weighted by Gasteiger charge is 2.42. The molecule has 18 heteroatoms. The van der Waals surface area contributed by atoms with E-state index in [9.17, 15) is 60.2 Å².